The van der Waals surface area contributed by atoms with Crippen molar-refractivity contribution in [3.63, 3.8) is 0 Å². The van der Waals surface area contributed by atoms with Crippen LogP contribution >= 0.6 is 27.3 Å². The van der Waals surface area contributed by atoms with Crippen LogP contribution in [0.1, 0.15) is 9.67 Å². The SMILES string of the molecule is O=C(O)c1ccc(NS(=O)(=O)c2ccc(Br)cc2F)s1. The highest BCUT2D eigenvalue weighted by Gasteiger charge is 2.20. The number of sulfonamides is 1. The van der Waals surface area contributed by atoms with Gasteiger partial charge >= 0.3 is 5.97 Å². The molecule has 20 heavy (non-hydrogen) atoms. The van der Waals surface area contributed by atoms with Crippen molar-refractivity contribution in [3.8, 4) is 0 Å². The minimum absolute atomic E-state index is 0.0148. The van der Waals surface area contributed by atoms with Crippen LogP contribution in [0.15, 0.2) is 39.7 Å². The molecule has 2 aromatic rings. The Balaban J connectivity index is 2.33. The molecule has 0 aliphatic carbocycles. The Kier molecular flexibility index (Phi) is 4.11. The summed E-state index contributed by atoms with van der Waals surface area (Å²) in [6.07, 6.45) is 0. The van der Waals surface area contributed by atoms with E-state index in [0.29, 0.717) is 4.47 Å². The molecule has 0 bridgehead atoms. The molecule has 0 spiro atoms. The lowest BCUT2D eigenvalue weighted by Gasteiger charge is -2.07. The summed E-state index contributed by atoms with van der Waals surface area (Å²) in [4.78, 5) is 10.2. The van der Waals surface area contributed by atoms with Gasteiger partial charge in [0, 0.05) is 4.47 Å². The largest absolute Gasteiger partial charge is 0.477 e. The second kappa shape index (κ2) is 5.51. The van der Waals surface area contributed by atoms with Gasteiger partial charge in [0.15, 0.2) is 0 Å². The second-order valence-corrected chi connectivity index (χ2v) is 7.30. The zero-order valence-corrected chi connectivity index (χ0v) is 12.9. The summed E-state index contributed by atoms with van der Waals surface area (Å²) in [7, 11) is -4.10. The highest BCUT2D eigenvalue weighted by atomic mass is 79.9. The first-order valence-corrected chi connectivity index (χ1v) is 8.20. The fraction of sp³-hybridized carbons (Fsp3) is 0. The number of halogens is 2. The van der Waals surface area contributed by atoms with Crippen LogP contribution in [0.4, 0.5) is 9.39 Å². The maximum absolute atomic E-state index is 13.6. The van der Waals surface area contributed by atoms with Gasteiger partial charge in [-0.1, -0.05) is 15.9 Å². The van der Waals surface area contributed by atoms with E-state index >= 15 is 0 Å². The number of hydrogen-bond donors (Lipinski definition) is 2. The molecule has 2 rings (SSSR count). The van der Waals surface area contributed by atoms with E-state index in [1.165, 1.54) is 18.2 Å². The van der Waals surface area contributed by atoms with E-state index < -0.39 is 26.7 Å². The van der Waals surface area contributed by atoms with Gasteiger partial charge in [0.25, 0.3) is 10.0 Å². The molecule has 0 aliphatic rings. The smallest absolute Gasteiger partial charge is 0.345 e. The molecule has 1 aromatic carbocycles. The summed E-state index contributed by atoms with van der Waals surface area (Å²) in [6, 6.07) is 6.12. The fourth-order valence-corrected chi connectivity index (χ4v) is 3.82. The van der Waals surface area contributed by atoms with Gasteiger partial charge in [-0.2, -0.15) is 0 Å². The summed E-state index contributed by atoms with van der Waals surface area (Å²) < 4.78 is 40.2. The van der Waals surface area contributed by atoms with Crippen molar-refractivity contribution < 1.29 is 22.7 Å². The molecule has 0 saturated heterocycles. The van der Waals surface area contributed by atoms with Crippen LogP contribution in [0.2, 0.25) is 0 Å². The molecular formula is C11H7BrFNO4S2. The first kappa shape index (κ1) is 14.9. The number of nitrogens with one attached hydrogen (secondary N) is 1. The first-order valence-electron chi connectivity index (χ1n) is 5.10. The summed E-state index contributed by atoms with van der Waals surface area (Å²) >= 11 is 3.78. The van der Waals surface area contributed by atoms with Crippen molar-refractivity contribution in [2.45, 2.75) is 4.90 Å². The quantitative estimate of drug-likeness (QED) is 0.854. The van der Waals surface area contributed by atoms with Gasteiger partial charge in [-0.05, 0) is 30.3 Å². The molecule has 1 aromatic heterocycles. The minimum atomic E-state index is -4.10. The van der Waals surface area contributed by atoms with E-state index in [0.717, 1.165) is 23.5 Å². The van der Waals surface area contributed by atoms with Crippen molar-refractivity contribution in [2.75, 3.05) is 4.72 Å². The van der Waals surface area contributed by atoms with E-state index in [1.807, 2.05) is 0 Å². The number of carboxylic acid groups (broad SMARTS) is 1. The number of carboxylic acids is 1. The standard InChI is InChI=1S/C11H7BrFNO4S2/c12-6-1-3-9(7(13)5-6)20(17,18)14-10-4-2-8(19-10)11(15)16/h1-5,14H,(H,15,16). The number of benzene rings is 1. The molecule has 0 aliphatic heterocycles. The van der Waals surface area contributed by atoms with Crippen LogP contribution in [-0.2, 0) is 10.0 Å². The third-order valence-corrected chi connectivity index (χ3v) is 5.25. The summed E-state index contributed by atoms with van der Waals surface area (Å²) in [5.74, 6) is -2.06. The van der Waals surface area contributed by atoms with Gasteiger partial charge in [-0.3, -0.25) is 4.72 Å². The number of anilines is 1. The Hall–Kier alpha value is -1.45. The zero-order valence-electron chi connectivity index (χ0n) is 9.63. The Bertz CT molecular complexity index is 772. The number of thiophene rings is 1. The predicted octanol–water partition coefficient (Wildman–Crippen LogP) is 3.15. The molecule has 0 fully saturated rings. The van der Waals surface area contributed by atoms with Crippen LogP contribution in [0.25, 0.3) is 0 Å². The van der Waals surface area contributed by atoms with Gasteiger partial charge in [0.1, 0.15) is 20.6 Å². The topological polar surface area (TPSA) is 83.5 Å². The molecular weight excluding hydrogens is 373 g/mol. The van der Waals surface area contributed by atoms with Gasteiger partial charge in [0.2, 0.25) is 0 Å². The lowest BCUT2D eigenvalue weighted by Crippen LogP contribution is -2.13. The van der Waals surface area contributed by atoms with E-state index in [9.17, 15) is 17.6 Å². The lowest BCUT2D eigenvalue weighted by molar-refractivity contribution is 0.0702. The number of hydrogen-bond acceptors (Lipinski definition) is 4. The maximum atomic E-state index is 13.6. The predicted molar refractivity (Wildman–Crippen MR) is 76.2 cm³/mol. The van der Waals surface area contributed by atoms with Gasteiger partial charge in [-0.25, -0.2) is 17.6 Å². The highest BCUT2D eigenvalue weighted by Crippen LogP contribution is 2.26. The molecule has 0 saturated carbocycles. The maximum Gasteiger partial charge on any atom is 0.345 e. The van der Waals surface area contributed by atoms with Crippen LogP contribution in [0.5, 0.6) is 0 Å². The van der Waals surface area contributed by atoms with Crippen molar-refractivity contribution >= 4 is 48.3 Å². The third kappa shape index (κ3) is 3.17. The number of carbonyl (C=O) groups is 1. The average Bonchev–Trinajstić information content (AvgIpc) is 2.76. The summed E-state index contributed by atoms with van der Waals surface area (Å²) in [5.41, 5.74) is 0. The van der Waals surface area contributed by atoms with Gasteiger partial charge in [-0.15, -0.1) is 11.3 Å². The Morgan fingerprint density at radius 3 is 2.55 bits per heavy atom. The van der Waals surface area contributed by atoms with Crippen LogP contribution in [0.3, 0.4) is 0 Å². The molecule has 0 radical (unpaired) electrons. The van der Waals surface area contributed by atoms with Crippen LogP contribution in [0, 0.1) is 5.82 Å². The fourth-order valence-electron chi connectivity index (χ4n) is 1.39. The first-order chi connectivity index (χ1) is 9.29. The Morgan fingerprint density at radius 2 is 2.00 bits per heavy atom. The van der Waals surface area contributed by atoms with Crippen LogP contribution in [-0.4, -0.2) is 19.5 Å². The van der Waals surface area contributed by atoms with Gasteiger partial charge < -0.3 is 5.11 Å². The molecule has 0 atom stereocenters. The van der Waals surface area contributed by atoms with Crippen LogP contribution < -0.4 is 4.72 Å². The normalized spacial score (nSPS) is 11.3. The summed E-state index contributed by atoms with van der Waals surface area (Å²) in [6.45, 7) is 0. The molecule has 106 valence electrons. The highest BCUT2D eigenvalue weighted by molar-refractivity contribution is 9.10. The molecule has 1 heterocycles. The van der Waals surface area contributed by atoms with Gasteiger partial charge in [0.05, 0.1) is 0 Å². The minimum Gasteiger partial charge on any atom is -0.477 e. The molecule has 0 unspecified atom stereocenters. The summed E-state index contributed by atoms with van der Waals surface area (Å²) in [5, 5.41) is 8.86. The second-order valence-electron chi connectivity index (χ2n) is 3.65. The van der Waals surface area contributed by atoms with Crippen molar-refractivity contribution in [1.82, 2.24) is 0 Å². The third-order valence-electron chi connectivity index (χ3n) is 2.24. The van der Waals surface area contributed by atoms with E-state index in [2.05, 4.69) is 20.7 Å². The lowest BCUT2D eigenvalue weighted by atomic mass is 10.3. The number of aromatic carboxylic acids is 1. The average molecular weight is 380 g/mol. The molecule has 9 heteroatoms. The van der Waals surface area contributed by atoms with Crippen molar-refractivity contribution in [1.29, 1.82) is 0 Å². The molecule has 5 nitrogen and oxygen atoms in total. The zero-order chi connectivity index (χ0) is 14.9. The van der Waals surface area contributed by atoms with E-state index in [1.54, 1.807) is 0 Å². The van der Waals surface area contributed by atoms with E-state index in [-0.39, 0.29) is 9.88 Å². The van der Waals surface area contributed by atoms with Crippen molar-refractivity contribution in [3.05, 3.63) is 45.5 Å². The molecule has 0 amide bonds. The Morgan fingerprint density at radius 1 is 1.30 bits per heavy atom. The van der Waals surface area contributed by atoms with Crippen molar-refractivity contribution in [2.24, 2.45) is 0 Å². The Labute approximate surface area is 126 Å². The molecule has 2 N–H and O–H groups in total. The monoisotopic (exact) mass is 379 g/mol. The van der Waals surface area contributed by atoms with E-state index in [4.69, 9.17) is 5.11 Å². The number of rotatable bonds is 4.